The number of aliphatic hydroxyl groups excluding tert-OH is 1. The molecule has 0 radical (unpaired) electrons. The van der Waals surface area contributed by atoms with Gasteiger partial charge in [0.1, 0.15) is 0 Å². The molecule has 1 aromatic carbocycles. The molecule has 0 aliphatic rings. The van der Waals surface area contributed by atoms with Crippen LogP contribution in [0.4, 0.5) is 5.69 Å². The first-order valence-corrected chi connectivity index (χ1v) is 5.15. The number of aliphatic hydroxyl groups is 1. The number of nitrogens with zero attached hydrogens (tertiary/aromatic N) is 1. The van der Waals surface area contributed by atoms with Gasteiger partial charge >= 0.3 is 0 Å². The van der Waals surface area contributed by atoms with Crippen molar-refractivity contribution in [2.24, 2.45) is 5.92 Å². The molecule has 1 aromatic rings. The Kier molecular flexibility index (Phi) is 4.65. The zero-order valence-corrected chi connectivity index (χ0v) is 8.90. The molecular weight excluding hydrogens is 188 g/mol. The lowest BCUT2D eigenvalue weighted by Gasteiger charge is -2.13. The molecule has 0 saturated carbocycles. The lowest BCUT2D eigenvalue weighted by atomic mass is 10.1. The minimum atomic E-state index is 0.196. The average Bonchev–Trinajstić information content (AvgIpc) is 2.31. The van der Waals surface area contributed by atoms with E-state index < -0.39 is 0 Å². The zero-order chi connectivity index (χ0) is 11.1. The van der Waals surface area contributed by atoms with Crippen LogP contribution in [0.15, 0.2) is 24.3 Å². The van der Waals surface area contributed by atoms with Crippen LogP contribution in [-0.2, 0) is 0 Å². The summed E-state index contributed by atoms with van der Waals surface area (Å²) in [7, 11) is 0. The van der Waals surface area contributed by atoms with Crippen LogP contribution in [0, 0.1) is 17.2 Å². The van der Waals surface area contributed by atoms with Crippen molar-refractivity contribution in [3.05, 3.63) is 29.8 Å². The summed E-state index contributed by atoms with van der Waals surface area (Å²) >= 11 is 0. The molecule has 0 spiro atoms. The molecule has 15 heavy (non-hydrogen) atoms. The standard InChI is InChI=1S/C12H16N2O/c1-2-10(9-15)8-14-12-5-3-4-11(6-12)7-13/h3-6,10,14-15H,2,8-9H2,1H3. The van der Waals surface area contributed by atoms with E-state index in [0.717, 1.165) is 18.7 Å². The quantitative estimate of drug-likeness (QED) is 0.771. The van der Waals surface area contributed by atoms with Gasteiger partial charge in [0, 0.05) is 18.8 Å². The molecule has 3 heteroatoms. The largest absolute Gasteiger partial charge is 0.396 e. The first-order chi connectivity index (χ1) is 7.30. The van der Waals surface area contributed by atoms with Gasteiger partial charge in [-0.25, -0.2) is 0 Å². The predicted molar refractivity (Wildman–Crippen MR) is 60.5 cm³/mol. The molecule has 1 unspecified atom stereocenters. The normalized spacial score (nSPS) is 11.8. The van der Waals surface area contributed by atoms with E-state index in [1.807, 2.05) is 25.1 Å². The Morgan fingerprint density at radius 3 is 2.93 bits per heavy atom. The van der Waals surface area contributed by atoms with Gasteiger partial charge in [-0.15, -0.1) is 0 Å². The second-order valence-electron chi connectivity index (χ2n) is 3.53. The molecular formula is C12H16N2O. The summed E-state index contributed by atoms with van der Waals surface area (Å²) in [6.07, 6.45) is 0.946. The summed E-state index contributed by atoms with van der Waals surface area (Å²) < 4.78 is 0. The van der Waals surface area contributed by atoms with E-state index >= 15 is 0 Å². The molecule has 3 nitrogen and oxygen atoms in total. The Morgan fingerprint density at radius 1 is 1.53 bits per heavy atom. The number of hydrogen-bond acceptors (Lipinski definition) is 3. The minimum absolute atomic E-state index is 0.196. The van der Waals surface area contributed by atoms with Crippen molar-refractivity contribution in [2.45, 2.75) is 13.3 Å². The van der Waals surface area contributed by atoms with Crippen LogP contribution in [-0.4, -0.2) is 18.3 Å². The highest BCUT2D eigenvalue weighted by Crippen LogP contribution is 2.11. The molecule has 0 amide bonds. The van der Waals surface area contributed by atoms with Crippen LogP contribution >= 0.6 is 0 Å². The van der Waals surface area contributed by atoms with Crippen LogP contribution in [0.5, 0.6) is 0 Å². The fourth-order valence-corrected chi connectivity index (χ4v) is 1.30. The van der Waals surface area contributed by atoms with Crippen LogP contribution in [0.1, 0.15) is 18.9 Å². The van der Waals surface area contributed by atoms with Gasteiger partial charge in [0.25, 0.3) is 0 Å². The van der Waals surface area contributed by atoms with Gasteiger partial charge in [0.05, 0.1) is 11.6 Å². The Morgan fingerprint density at radius 2 is 2.33 bits per heavy atom. The maximum atomic E-state index is 9.01. The lowest BCUT2D eigenvalue weighted by Crippen LogP contribution is -2.16. The van der Waals surface area contributed by atoms with E-state index in [0.29, 0.717) is 5.56 Å². The first kappa shape index (κ1) is 11.5. The maximum absolute atomic E-state index is 9.01. The van der Waals surface area contributed by atoms with E-state index in [1.54, 1.807) is 6.07 Å². The number of nitriles is 1. The molecule has 80 valence electrons. The molecule has 1 rings (SSSR count). The Labute approximate surface area is 90.4 Å². The highest BCUT2D eigenvalue weighted by molar-refractivity contribution is 5.49. The Bertz CT molecular complexity index is 340. The SMILES string of the molecule is CCC(CO)CNc1cccc(C#N)c1. The van der Waals surface area contributed by atoms with Crippen LogP contribution in [0.3, 0.4) is 0 Å². The van der Waals surface area contributed by atoms with Crippen molar-refractivity contribution < 1.29 is 5.11 Å². The van der Waals surface area contributed by atoms with E-state index in [2.05, 4.69) is 11.4 Å². The van der Waals surface area contributed by atoms with Gasteiger partial charge in [-0.2, -0.15) is 5.26 Å². The fraction of sp³-hybridized carbons (Fsp3) is 0.417. The molecule has 0 heterocycles. The van der Waals surface area contributed by atoms with Gasteiger partial charge in [-0.1, -0.05) is 13.0 Å². The third-order valence-corrected chi connectivity index (χ3v) is 2.42. The van der Waals surface area contributed by atoms with Crippen LogP contribution in [0.25, 0.3) is 0 Å². The fourth-order valence-electron chi connectivity index (χ4n) is 1.30. The van der Waals surface area contributed by atoms with Crippen molar-refractivity contribution >= 4 is 5.69 Å². The van der Waals surface area contributed by atoms with Crippen LogP contribution < -0.4 is 5.32 Å². The van der Waals surface area contributed by atoms with Crippen LogP contribution in [0.2, 0.25) is 0 Å². The molecule has 0 bridgehead atoms. The van der Waals surface area contributed by atoms with Gasteiger partial charge in [-0.3, -0.25) is 0 Å². The van der Waals surface area contributed by atoms with E-state index in [-0.39, 0.29) is 12.5 Å². The van der Waals surface area contributed by atoms with Crippen molar-refractivity contribution in [3.63, 3.8) is 0 Å². The van der Waals surface area contributed by atoms with E-state index in [4.69, 9.17) is 10.4 Å². The molecule has 0 saturated heterocycles. The summed E-state index contributed by atoms with van der Waals surface area (Å²) in [5.41, 5.74) is 1.58. The maximum Gasteiger partial charge on any atom is 0.0992 e. The van der Waals surface area contributed by atoms with Crippen molar-refractivity contribution in [1.29, 1.82) is 5.26 Å². The second-order valence-corrected chi connectivity index (χ2v) is 3.53. The molecule has 0 aliphatic carbocycles. The highest BCUT2D eigenvalue weighted by atomic mass is 16.3. The lowest BCUT2D eigenvalue weighted by molar-refractivity contribution is 0.230. The molecule has 2 N–H and O–H groups in total. The number of rotatable bonds is 5. The average molecular weight is 204 g/mol. The topological polar surface area (TPSA) is 56.0 Å². The van der Waals surface area contributed by atoms with Crippen molar-refractivity contribution in [2.75, 3.05) is 18.5 Å². The minimum Gasteiger partial charge on any atom is -0.396 e. The summed E-state index contributed by atoms with van der Waals surface area (Å²) in [4.78, 5) is 0. The summed E-state index contributed by atoms with van der Waals surface area (Å²) in [5.74, 6) is 0.274. The molecule has 0 fully saturated rings. The van der Waals surface area contributed by atoms with Gasteiger partial charge in [-0.05, 0) is 30.5 Å². The highest BCUT2D eigenvalue weighted by Gasteiger charge is 2.03. The zero-order valence-electron chi connectivity index (χ0n) is 8.90. The third-order valence-electron chi connectivity index (χ3n) is 2.42. The third kappa shape index (κ3) is 3.61. The summed E-state index contributed by atoms with van der Waals surface area (Å²) in [6.45, 7) is 2.98. The van der Waals surface area contributed by atoms with Crippen molar-refractivity contribution in [1.82, 2.24) is 0 Å². The van der Waals surface area contributed by atoms with Gasteiger partial charge < -0.3 is 10.4 Å². The van der Waals surface area contributed by atoms with Gasteiger partial charge in [0.15, 0.2) is 0 Å². The number of hydrogen-bond donors (Lipinski definition) is 2. The molecule has 1 atom stereocenters. The summed E-state index contributed by atoms with van der Waals surface area (Å²) in [5, 5.41) is 20.9. The van der Waals surface area contributed by atoms with Crippen molar-refractivity contribution in [3.8, 4) is 6.07 Å². The first-order valence-electron chi connectivity index (χ1n) is 5.15. The smallest absolute Gasteiger partial charge is 0.0992 e. The van der Waals surface area contributed by atoms with E-state index in [9.17, 15) is 0 Å². The monoisotopic (exact) mass is 204 g/mol. The number of benzene rings is 1. The Balaban J connectivity index is 2.54. The summed E-state index contributed by atoms with van der Waals surface area (Å²) in [6, 6.07) is 9.45. The van der Waals surface area contributed by atoms with E-state index in [1.165, 1.54) is 0 Å². The molecule has 0 aromatic heterocycles. The second kappa shape index (κ2) is 6.05. The molecule has 0 aliphatic heterocycles. The number of anilines is 1. The number of nitrogens with one attached hydrogen (secondary N) is 1. The van der Waals surface area contributed by atoms with Gasteiger partial charge in [0.2, 0.25) is 0 Å². The predicted octanol–water partition coefficient (Wildman–Crippen LogP) is 1.99. The Hall–Kier alpha value is -1.53.